The zero-order valence-electron chi connectivity index (χ0n) is 12.0. The van der Waals surface area contributed by atoms with Gasteiger partial charge in [-0.3, -0.25) is 14.6 Å². The largest absolute Gasteiger partial charge is 0.417 e. The number of halogens is 4. The van der Waals surface area contributed by atoms with E-state index in [1.807, 2.05) is 0 Å². The zero-order valence-corrected chi connectivity index (χ0v) is 12.0. The van der Waals surface area contributed by atoms with Crippen LogP contribution in [-0.4, -0.2) is 16.6 Å². The Morgan fingerprint density at radius 1 is 1.00 bits per heavy atom. The van der Waals surface area contributed by atoms with Crippen molar-refractivity contribution in [2.75, 3.05) is 0 Å². The standard InChI is InChI=1S/C17H9F4NO2/c18-11-2-4-13-14(7-11)16(24)9(6-15(13)23)5-12-3-1-10(8-22-12)17(19,20)21/h1-4,6-8H,5H2. The molecule has 0 atom stereocenters. The number of alkyl halides is 3. The van der Waals surface area contributed by atoms with Crippen molar-refractivity contribution in [1.82, 2.24) is 4.98 Å². The smallest absolute Gasteiger partial charge is 0.289 e. The topological polar surface area (TPSA) is 47.0 Å². The van der Waals surface area contributed by atoms with Gasteiger partial charge in [0.2, 0.25) is 0 Å². The molecule has 7 heteroatoms. The molecule has 0 fully saturated rings. The van der Waals surface area contributed by atoms with Crippen molar-refractivity contribution in [3.8, 4) is 0 Å². The molecule has 1 aliphatic carbocycles. The van der Waals surface area contributed by atoms with Crippen LogP contribution in [0, 0.1) is 5.82 Å². The minimum atomic E-state index is -4.50. The molecule has 1 aromatic heterocycles. The van der Waals surface area contributed by atoms with E-state index in [1.54, 1.807) is 0 Å². The summed E-state index contributed by atoms with van der Waals surface area (Å²) >= 11 is 0. The molecule has 2 aromatic rings. The van der Waals surface area contributed by atoms with Gasteiger partial charge in [-0.15, -0.1) is 0 Å². The maximum atomic E-state index is 13.3. The van der Waals surface area contributed by atoms with Crippen LogP contribution >= 0.6 is 0 Å². The molecule has 0 spiro atoms. The van der Waals surface area contributed by atoms with Crippen molar-refractivity contribution in [3.63, 3.8) is 0 Å². The third-order valence-electron chi connectivity index (χ3n) is 3.61. The molecule has 0 bridgehead atoms. The molecule has 0 amide bonds. The Kier molecular flexibility index (Phi) is 3.79. The van der Waals surface area contributed by atoms with Crippen molar-refractivity contribution in [2.45, 2.75) is 12.6 Å². The highest BCUT2D eigenvalue weighted by Gasteiger charge is 2.31. The summed E-state index contributed by atoms with van der Waals surface area (Å²) in [4.78, 5) is 28.0. The molecule has 0 radical (unpaired) electrons. The van der Waals surface area contributed by atoms with Gasteiger partial charge in [0, 0.05) is 35.0 Å². The Bertz CT molecular complexity index is 867. The summed E-state index contributed by atoms with van der Waals surface area (Å²) in [5.74, 6) is -1.64. The average molecular weight is 335 g/mol. The van der Waals surface area contributed by atoms with E-state index in [2.05, 4.69) is 4.98 Å². The van der Waals surface area contributed by atoms with Gasteiger partial charge in [-0.05, 0) is 36.4 Å². The van der Waals surface area contributed by atoms with E-state index in [9.17, 15) is 27.2 Å². The number of pyridine rings is 1. The fraction of sp³-hybridized carbons (Fsp3) is 0.118. The van der Waals surface area contributed by atoms with Gasteiger partial charge in [0.25, 0.3) is 0 Å². The third kappa shape index (κ3) is 2.97. The molecule has 0 unspecified atom stereocenters. The van der Waals surface area contributed by atoms with Crippen LogP contribution in [0.25, 0.3) is 0 Å². The summed E-state index contributed by atoms with van der Waals surface area (Å²) in [5.41, 5.74) is -0.589. The quantitative estimate of drug-likeness (QED) is 0.785. The summed E-state index contributed by atoms with van der Waals surface area (Å²) in [6.45, 7) is 0. The fourth-order valence-corrected chi connectivity index (χ4v) is 2.42. The molecular formula is C17H9F4NO2. The van der Waals surface area contributed by atoms with E-state index in [4.69, 9.17) is 0 Å². The molecule has 1 heterocycles. The second kappa shape index (κ2) is 5.67. The highest BCUT2D eigenvalue weighted by atomic mass is 19.4. The molecule has 3 nitrogen and oxygen atoms in total. The first-order valence-corrected chi connectivity index (χ1v) is 6.87. The van der Waals surface area contributed by atoms with Crippen molar-refractivity contribution in [3.05, 3.63) is 76.4 Å². The first-order valence-electron chi connectivity index (χ1n) is 6.87. The highest BCUT2D eigenvalue weighted by Crippen LogP contribution is 2.29. The fourth-order valence-electron chi connectivity index (χ4n) is 2.42. The summed E-state index contributed by atoms with van der Waals surface area (Å²) in [6, 6.07) is 5.28. The first-order chi connectivity index (χ1) is 11.3. The summed E-state index contributed by atoms with van der Waals surface area (Å²) in [7, 11) is 0. The Balaban J connectivity index is 1.88. The van der Waals surface area contributed by atoms with E-state index < -0.39 is 29.1 Å². The average Bonchev–Trinajstić information content (AvgIpc) is 2.52. The van der Waals surface area contributed by atoms with Gasteiger partial charge >= 0.3 is 6.18 Å². The van der Waals surface area contributed by atoms with Crippen LogP contribution in [0.1, 0.15) is 32.0 Å². The van der Waals surface area contributed by atoms with Gasteiger partial charge in [0.05, 0.1) is 5.56 Å². The number of aromatic nitrogens is 1. The second-order valence-corrected chi connectivity index (χ2v) is 5.27. The predicted octanol–water partition coefficient (Wildman–Crippen LogP) is 3.79. The summed E-state index contributed by atoms with van der Waals surface area (Å²) < 4.78 is 50.8. The minimum Gasteiger partial charge on any atom is -0.289 e. The number of carbonyl (C=O) groups is 2. The molecule has 0 N–H and O–H groups in total. The van der Waals surface area contributed by atoms with Crippen molar-refractivity contribution >= 4 is 11.6 Å². The SMILES string of the molecule is O=C1C=C(Cc2ccc(C(F)(F)F)cn2)C(=O)c2cc(F)ccc21. The van der Waals surface area contributed by atoms with E-state index in [0.717, 1.165) is 30.3 Å². The van der Waals surface area contributed by atoms with Crippen LogP contribution in [0.3, 0.4) is 0 Å². The van der Waals surface area contributed by atoms with Crippen LogP contribution in [0.4, 0.5) is 17.6 Å². The lowest BCUT2D eigenvalue weighted by Gasteiger charge is -2.15. The maximum Gasteiger partial charge on any atom is 0.417 e. The lowest BCUT2D eigenvalue weighted by Crippen LogP contribution is -2.19. The van der Waals surface area contributed by atoms with E-state index in [0.29, 0.717) is 6.20 Å². The lowest BCUT2D eigenvalue weighted by molar-refractivity contribution is -0.137. The van der Waals surface area contributed by atoms with E-state index in [-0.39, 0.29) is 28.8 Å². The molecule has 0 saturated heterocycles. The van der Waals surface area contributed by atoms with Crippen LogP contribution < -0.4 is 0 Å². The number of benzene rings is 1. The van der Waals surface area contributed by atoms with Gasteiger partial charge in [-0.1, -0.05) is 0 Å². The maximum absolute atomic E-state index is 13.3. The van der Waals surface area contributed by atoms with Gasteiger partial charge in [-0.2, -0.15) is 13.2 Å². The number of hydrogen-bond donors (Lipinski definition) is 0. The van der Waals surface area contributed by atoms with Crippen molar-refractivity contribution in [1.29, 1.82) is 0 Å². The molecular weight excluding hydrogens is 326 g/mol. The predicted molar refractivity (Wildman–Crippen MR) is 76.1 cm³/mol. The number of Topliss-reactive ketones (excluding diaryl/α,β-unsaturated/α-hetero) is 1. The monoisotopic (exact) mass is 335 g/mol. The third-order valence-corrected chi connectivity index (χ3v) is 3.61. The van der Waals surface area contributed by atoms with Crippen molar-refractivity contribution < 1.29 is 27.2 Å². The van der Waals surface area contributed by atoms with E-state index >= 15 is 0 Å². The normalized spacial score (nSPS) is 14.4. The summed E-state index contributed by atoms with van der Waals surface area (Å²) in [5, 5.41) is 0. The second-order valence-electron chi connectivity index (χ2n) is 5.27. The molecule has 0 aliphatic heterocycles. The number of allylic oxidation sites excluding steroid dienone is 2. The van der Waals surface area contributed by atoms with Gasteiger partial charge in [0.1, 0.15) is 5.82 Å². The lowest BCUT2D eigenvalue weighted by atomic mass is 9.87. The Morgan fingerprint density at radius 2 is 1.75 bits per heavy atom. The van der Waals surface area contributed by atoms with Crippen LogP contribution in [0.5, 0.6) is 0 Å². The van der Waals surface area contributed by atoms with Crippen LogP contribution in [0.15, 0.2) is 48.2 Å². The van der Waals surface area contributed by atoms with Crippen LogP contribution in [0.2, 0.25) is 0 Å². The Morgan fingerprint density at radius 3 is 2.38 bits per heavy atom. The minimum absolute atomic E-state index is 0.0515. The molecule has 122 valence electrons. The van der Waals surface area contributed by atoms with Gasteiger partial charge < -0.3 is 0 Å². The number of fused-ring (bicyclic) bond motifs is 1. The summed E-state index contributed by atoms with van der Waals surface area (Å²) in [6.07, 6.45) is -2.84. The zero-order chi connectivity index (χ0) is 17.5. The molecule has 1 aromatic carbocycles. The highest BCUT2D eigenvalue weighted by molar-refractivity contribution is 6.24. The number of rotatable bonds is 2. The first kappa shape index (κ1) is 16.0. The van der Waals surface area contributed by atoms with Gasteiger partial charge in [0.15, 0.2) is 11.6 Å². The number of carbonyl (C=O) groups excluding carboxylic acids is 2. The van der Waals surface area contributed by atoms with Crippen molar-refractivity contribution in [2.24, 2.45) is 0 Å². The number of ketones is 2. The Hall–Kier alpha value is -2.83. The Labute approximate surface area is 133 Å². The number of nitrogens with zero attached hydrogens (tertiary/aromatic N) is 1. The molecule has 0 saturated carbocycles. The number of hydrogen-bond acceptors (Lipinski definition) is 3. The molecule has 3 rings (SSSR count). The van der Waals surface area contributed by atoms with Gasteiger partial charge in [-0.25, -0.2) is 4.39 Å². The van der Waals surface area contributed by atoms with E-state index in [1.165, 1.54) is 6.07 Å². The molecule has 1 aliphatic rings. The van der Waals surface area contributed by atoms with Crippen LogP contribution in [-0.2, 0) is 12.6 Å². The molecule has 24 heavy (non-hydrogen) atoms.